The summed E-state index contributed by atoms with van der Waals surface area (Å²) in [6, 6.07) is 9.21. The third kappa shape index (κ3) is 17.9. The van der Waals surface area contributed by atoms with Crippen LogP contribution in [0.2, 0.25) is 0 Å². The maximum absolute atomic E-state index is 14.2. The molecule has 0 unspecified atom stereocenters. The van der Waals surface area contributed by atoms with Crippen molar-refractivity contribution < 1.29 is 56.1 Å². The van der Waals surface area contributed by atoms with Gasteiger partial charge in [-0.3, -0.25) is 23.9 Å². The fourth-order valence-corrected chi connectivity index (χ4v) is 11.9. The van der Waals surface area contributed by atoms with Gasteiger partial charge in [0.1, 0.15) is 41.2 Å². The van der Waals surface area contributed by atoms with Gasteiger partial charge in [-0.2, -0.15) is 5.10 Å². The molecule has 0 bridgehead atoms. The van der Waals surface area contributed by atoms with Crippen LogP contribution in [0.4, 0.5) is 20.3 Å². The molecule has 3 amide bonds. The summed E-state index contributed by atoms with van der Waals surface area (Å²) >= 11 is 1.39. The van der Waals surface area contributed by atoms with Crippen LogP contribution in [0.15, 0.2) is 64.9 Å². The average molecular weight is 1190 g/mol. The number of amides is 3. The van der Waals surface area contributed by atoms with Crippen LogP contribution in [0.3, 0.4) is 0 Å². The van der Waals surface area contributed by atoms with E-state index < -0.39 is 30.1 Å². The zero-order chi connectivity index (χ0) is 58.6. The number of nitrogens with zero attached hydrogens (tertiary/aromatic N) is 6. The Morgan fingerprint density at radius 1 is 0.798 bits per heavy atom. The summed E-state index contributed by atoms with van der Waals surface area (Å²) in [5.41, 5.74) is 0.845. The molecule has 3 atom stereocenters. The summed E-state index contributed by atoms with van der Waals surface area (Å²) in [4.78, 5) is 69.3. The highest BCUT2D eigenvalue weighted by molar-refractivity contribution is 7.10. The zero-order valence-electron chi connectivity index (χ0n) is 48.2. The molecular formula is C60H81F2N11O10S. The number of carbonyl (C=O) groups excluding carboxylic acids is 4. The van der Waals surface area contributed by atoms with E-state index in [0.29, 0.717) is 106 Å². The van der Waals surface area contributed by atoms with Crippen LogP contribution >= 0.6 is 11.3 Å². The molecule has 0 spiro atoms. The van der Waals surface area contributed by atoms with Gasteiger partial charge in [-0.05, 0) is 127 Å². The molecule has 21 nitrogen and oxygen atoms in total. The number of anilines is 2. The number of hydrogen-bond acceptors (Lipinski definition) is 18. The first-order valence-corrected chi connectivity index (χ1v) is 30.8. The second kappa shape index (κ2) is 31.7. The summed E-state index contributed by atoms with van der Waals surface area (Å²) < 4.78 is 64.0. The third-order valence-corrected chi connectivity index (χ3v) is 17.0. The number of nitrogens with one attached hydrogen (secondary N) is 5. The lowest BCUT2D eigenvalue weighted by molar-refractivity contribution is -0.139. The smallest absolute Gasteiger partial charge is 0.284 e. The number of pyridine rings is 1. The third-order valence-electron chi connectivity index (χ3n) is 16.1. The van der Waals surface area contributed by atoms with E-state index in [0.717, 1.165) is 88.7 Å². The minimum Gasteiger partial charge on any atom is -0.491 e. The summed E-state index contributed by atoms with van der Waals surface area (Å²) in [6.45, 7) is 8.42. The summed E-state index contributed by atoms with van der Waals surface area (Å²) in [7, 11) is 1.73. The fourth-order valence-electron chi connectivity index (χ4n) is 11.0. The normalized spacial score (nSPS) is 19.1. The number of carbonyl (C=O) groups is 4. The minimum absolute atomic E-state index is 0.0365. The van der Waals surface area contributed by atoms with Crippen LogP contribution < -0.4 is 31.3 Å². The van der Waals surface area contributed by atoms with Crippen molar-refractivity contribution in [1.29, 1.82) is 0 Å². The Hall–Kier alpha value is -6.28. The van der Waals surface area contributed by atoms with Crippen molar-refractivity contribution >= 4 is 46.3 Å². The van der Waals surface area contributed by atoms with Gasteiger partial charge in [0.25, 0.3) is 12.3 Å². The first-order valence-electron chi connectivity index (χ1n) is 29.9. The Kier molecular flexibility index (Phi) is 23.5. The summed E-state index contributed by atoms with van der Waals surface area (Å²) in [5, 5.41) is 22.1. The lowest BCUT2D eigenvalue weighted by Gasteiger charge is -2.35. The Morgan fingerprint density at radius 3 is 2.24 bits per heavy atom. The highest BCUT2D eigenvalue weighted by Gasteiger charge is 2.40. The summed E-state index contributed by atoms with van der Waals surface area (Å²) in [5.74, 6) is 1.50. The average Bonchev–Trinajstić information content (AvgIpc) is 4.11. The highest BCUT2D eigenvalue weighted by atomic mass is 32.1. The number of aromatic nitrogens is 5. The number of ketones is 1. The topological polar surface area (TPSA) is 247 Å². The van der Waals surface area contributed by atoms with Crippen LogP contribution in [-0.4, -0.2) is 158 Å². The number of likely N-dealkylation sites (tertiary alicyclic amines) is 1. The molecule has 84 heavy (non-hydrogen) atoms. The van der Waals surface area contributed by atoms with E-state index >= 15 is 0 Å². The lowest BCUT2D eigenvalue weighted by atomic mass is 9.83. The number of halogens is 2. The molecular weight excluding hydrogens is 1100 g/mol. The maximum atomic E-state index is 14.2. The van der Waals surface area contributed by atoms with Gasteiger partial charge < -0.3 is 59.6 Å². The molecule has 9 rings (SSSR count). The lowest BCUT2D eigenvalue weighted by Crippen LogP contribution is -2.55. The van der Waals surface area contributed by atoms with E-state index in [-0.39, 0.29) is 59.5 Å². The molecule has 5 aromatic rings. The van der Waals surface area contributed by atoms with E-state index in [9.17, 15) is 28.0 Å². The highest BCUT2D eigenvalue weighted by Crippen LogP contribution is 2.38. The molecule has 3 saturated carbocycles. The number of alkyl halides is 2. The van der Waals surface area contributed by atoms with Gasteiger partial charge in [0, 0.05) is 48.5 Å². The van der Waals surface area contributed by atoms with Crippen LogP contribution in [0.25, 0.3) is 11.5 Å². The van der Waals surface area contributed by atoms with Crippen molar-refractivity contribution in [2.75, 3.05) is 103 Å². The van der Waals surface area contributed by atoms with Gasteiger partial charge in [-0.15, -0.1) is 11.3 Å². The van der Waals surface area contributed by atoms with Gasteiger partial charge in [0.2, 0.25) is 23.5 Å². The number of oxazole rings is 1. The number of thiazole rings is 1. The fraction of sp³-hybridized carbons (Fsp3) is 0.600. The van der Waals surface area contributed by atoms with Crippen LogP contribution in [0, 0.1) is 17.8 Å². The monoisotopic (exact) mass is 1190 g/mol. The summed E-state index contributed by atoms with van der Waals surface area (Å²) in [6.07, 6.45) is 13.9. The van der Waals surface area contributed by atoms with E-state index in [4.69, 9.17) is 33.1 Å². The number of rotatable bonds is 34. The zero-order valence-corrected chi connectivity index (χ0v) is 49.0. The molecule has 1 aromatic carbocycles. The maximum Gasteiger partial charge on any atom is 0.284 e. The van der Waals surface area contributed by atoms with Crippen molar-refractivity contribution in [3.8, 4) is 17.2 Å². The van der Waals surface area contributed by atoms with Crippen molar-refractivity contribution in [2.24, 2.45) is 17.8 Å². The van der Waals surface area contributed by atoms with E-state index in [1.54, 1.807) is 66.6 Å². The molecule has 5 N–H and O–H groups in total. The predicted molar refractivity (Wildman–Crippen MR) is 311 cm³/mol. The predicted octanol–water partition coefficient (Wildman–Crippen LogP) is 8.44. The van der Waals surface area contributed by atoms with Gasteiger partial charge in [0.05, 0.1) is 76.7 Å². The van der Waals surface area contributed by atoms with Crippen LogP contribution in [-0.2, 0) is 28.5 Å². The van der Waals surface area contributed by atoms with E-state index in [2.05, 4.69) is 41.7 Å². The Bertz CT molecular complexity index is 2890. The Morgan fingerprint density at radius 2 is 1.51 bits per heavy atom. The molecule has 3 aliphatic carbocycles. The second-order valence-corrected chi connectivity index (χ2v) is 23.0. The van der Waals surface area contributed by atoms with Crippen molar-refractivity contribution in [2.45, 2.75) is 121 Å². The Balaban J connectivity index is 0.580. The quantitative estimate of drug-likeness (QED) is 0.0191. The van der Waals surface area contributed by atoms with Crippen molar-refractivity contribution in [1.82, 2.24) is 45.6 Å². The van der Waals surface area contributed by atoms with E-state index in [1.807, 2.05) is 4.90 Å². The van der Waals surface area contributed by atoms with Gasteiger partial charge in [-0.1, -0.05) is 31.4 Å². The molecule has 1 saturated heterocycles. The second-order valence-electron chi connectivity index (χ2n) is 22.1. The Labute approximate surface area is 493 Å². The molecule has 456 valence electrons. The number of ether oxygens (including phenoxy) is 5. The van der Waals surface area contributed by atoms with Crippen LogP contribution in [0.1, 0.15) is 146 Å². The van der Waals surface area contributed by atoms with E-state index in [1.165, 1.54) is 36.6 Å². The number of likely N-dealkylation sites (N-methyl/N-ethyl adjacent to an activating group) is 1. The molecule has 4 aromatic heterocycles. The molecule has 24 heteroatoms. The molecule has 0 radical (unpaired) electrons. The van der Waals surface area contributed by atoms with Gasteiger partial charge in [-0.25, -0.2) is 23.7 Å². The first-order chi connectivity index (χ1) is 41.0. The van der Waals surface area contributed by atoms with Crippen molar-refractivity contribution in [3.63, 3.8) is 0 Å². The first kappa shape index (κ1) is 62.3. The van der Waals surface area contributed by atoms with Gasteiger partial charge >= 0.3 is 0 Å². The standard InChI is InChI=1S/C60H81F2N11O10S/c1-39(63-2)56(75)70-52(42-8-4-3-5-9-42)60(77)72-22-7-12-50(72)59-69-49(38-84-59)54(74)43-10-6-11-46(32-43)82-31-30-81-29-28-80-27-26-79-25-24-78-23-21-64-34-40-15-17-45(18-16-40)73-36-47(53(71-73)55(61)62)67-57(76)48-37-83-58(68-48)44-19-20-65-51(33-44)66-35-41-13-14-41/h6,10-11,19-20,32-33,36-42,45,50,52,55,63-64H,3-5,7-9,12-18,21-31,34-35H2,1-2H3,(H,65,66)(H,67,76)(H,70,75)/t39-,40-,45-,50-,52-/m0/s1. The molecule has 4 aliphatic rings. The minimum atomic E-state index is -2.88. The number of benzene rings is 1. The van der Waals surface area contributed by atoms with Gasteiger partial charge in [0.15, 0.2) is 11.4 Å². The van der Waals surface area contributed by atoms with Crippen LogP contribution in [0.5, 0.6) is 5.75 Å². The van der Waals surface area contributed by atoms with Crippen molar-refractivity contribution in [3.05, 3.63) is 88.1 Å². The largest absolute Gasteiger partial charge is 0.491 e. The number of hydrogen-bond donors (Lipinski definition) is 5. The molecule has 5 heterocycles. The SMILES string of the molecule is CN[C@@H](C)C(=O)N[C@H](C(=O)N1CCC[C@H]1c1nc(C(=O)c2cccc(OCCOCCOCCOCCOCCNC[C@H]3CC[C@H](n4cc(NC(=O)c5coc(-c6ccnc(NCC7CC7)c6)n5)c(C(F)F)n4)CC3)c2)cs1)C1CCCCC1. The molecule has 1 aliphatic heterocycles. The molecule has 4 fully saturated rings.